The molecule has 0 unspecified atom stereocenters. The molecular formula is C26H26N4O5. The lowest BCUT2D eigenvalue weighted by atomic mass is 9.93. The van der Waals surface area contributed by atoms with Crippen molar-refractivity contribution in [1.29, 1.82) is 0 Å². The number of hydrazone groups is 1. The Morgan fingerprint density at radius 1 is 1.03 bits per heavy atom. The van der Waals surface area contributed by atoms with Crippen LogP contribution in [0.3, 0.4) is 0 Å². The monoisotopic (exact) mass is 474 g/mol. The van der Waals surface area contributed by atoms with Gasteiger partial charge in [-0.1, -0.05) is 42.0 Å². The van der Waals surface area contributed by atoms with Crippen LogP contribution in [0.15, 0.2) is 58.0 Å². The summed E-state index contributed by atoms with van der Waals surface area (Å²) in [6.07, 6.45) is 2.17. The molecule has 1 aliphatic carbocycles. The molecule has 0 radical (unpaired) electrons. The molecule has 1 heterocycles. The minimum absolute atomic E-state index is 0.0294. The first-order valence-electron chi connectivity index (χ1n) is 11.4. The maximum atomic E-state index is 12.8. The van der Waals surface area contributed by atoms with Gasteiger partial charge < -0.3 is 9.73 Å². The maximum Gasteiger partial charge on any atom is 0.287 e. The number of furan rings is 1. The predicted molar refractivity (Wildman–Crippen MR) is 130 cm³/mol. The van der Waals surface area contributed by atoms with Gasteiger partial charge in [-0.05, 0) is 37.8 Å². The van der Waals surface area contributed by atoms with Crippen molar-refractivity contribution in [2.24, 2.45) is 5.10 Å². The molecule has 0 atom stereocenters. The van der Waals surface area contributed by atoms with Gasteiger partial charge in [0.05, 0.1) is 17.1 Å². The quantitative estimate of drug-likeness (QED) is 0.393. The van der Waals surface area contributed by atoms with Crippen molar-refractivity contribution in [3.05, 3.63) is 98.0 Å². The average Bonchev–Trinajstić information content (AvgIpc) is 3.19. The molecule has 0 bridgehead atoms. The van der Waals surface area contributed by atoms with Crippen molar-refractivity contribution < 1.29 is 18.9 Å². The Morgan fingerprint density at radius 2 is 1.71 bits per heavy atom. The molecule has 0 saturated carbocycles. The van der Waals surface area contributed by atoms with Gasteiger partial charge >= 0.3 is 0 Å². The summed E-state index contributed by atoms with van der Waals surface area (Å²) in [6, 6.07) is 13.8. The fraction of sp³-hybridized carbons (Fsp3) is 0.269. The number of aryl methyl sites for hydroxylation is 2. The number of nitro groups is 1. The van der Waals surface area contributed by atoms with Crippen LogP contribution in [0.5, 0.6) is 0 Å². The largest absolute Gasteiger partial charge is 0.455 e. The molecule has 0 saturated heterocycles. The number of non-ortho nitro benzene ring substituents is 1. The minimum Gasteiger partial charge on any atom is -0.455 e. The van der Waals surface area contributed by atoms with Crippen molar-refractivity contribution in [3.63, 3.8) is 0 Å². The van der Waals surface area contributed by atoms with Crippen LogP contribution in [0, 0.1) is 24.0 Å². The van der Waals surface area contributed by atoms with Gasteiger partial charge in [0, 0.05) is 36.2 Å². The SMILES string of the molecule is Cc1ccc(CNC(=O)c2oc3c(c2C)/C(=N/NC(=O)Cc2ccc([N+](=O)[O-])cc2)CCC3)cc1. The standard InChI is InChI=1S/C26H26N4O5/c1-16-6-8-19(9-7-16)15-27-26(32)25-17(2)24-21(4-3-5-22(24)35-25)28-29-23(31)14-18-10-12-20(13-11-18)30(33)34/h6-13H,3-5,14-15H2,1-2H3,(H,27,32)(H,29,31)/b28-21+. The number of nitrogens with one attached hydrogen (secondary N) is 2. The third-order valence-electron chi connectivity index (χ3n) is 5.93. The molecule has 3 aromatic rings. The number of benzene rings is 2. The summed E-state index contributed by atoms with van der Waals surface area (Å²) in [5, 5.41) is 18.0. The number of nitrogens with zero attached hydrogens (tertiary/aromatic N) is 2. The molecule has 180 valence electrons. The lowest BCUT2D eigenvalue weighted by Gasteiger charge is -2.13. The Kier molecular flexibility index (Phi) is 7.05. The van der Waals surface area contributed by atoms with E-state index in [2.05, 4.69) is 15.8 Å². The van der Waals surface area contributed by atoms with Crippen molar-refractivity contribution in [3.8, 4) is 0 Å². The molecule has 0 spiro atoms. The van der Waals surface area contributed by atoms with E-state index < -0.39 is 4.92 Å². The van der Waals surface area contributed by atoms with Gasteiger partial charge in [0.1, 0.15) is 5.76 Å². The van der Waals surface area contributed by atoms with Crippen LogP contribution >= 0.6 is 0 Å². The van der Waals surface area contributed by atoms with E-state index in [1.165, 1.54) is 12.1 Å². The Hall–Kier alpha value is -4.27. The molecule has 4 rings (SSSR count). The van der Waals surface area contributed by atoms with Gasteiger partial charge in [0.2, 0.25) is 5.91 Å². The van der Waals surface area contributed by atoms with Gasteiger partial charge in [-0.3, -0.25) is 19.7 Å². The van der Waals surface area contributed by atoms with Crippen LogP contribution in [0.2, 0.25) is 0 Å². The molecule has 35 heavy (non-hydrogen) atoms. The van der Waals surface area contributed by atoms with Crippen LogP contribution in [0.25, 0.3) is 0 Å². The Balaban J connectivity index is 1.43. The van der Waals surface area contributed by atoms with Gasteiger partial charge in [0.25, 0.3) is 11.6 Å². The lowest BCUT2D eigenvalue weighted by Crippen LogP contribution is -2.24. The van der Waals surface area contributed by atoms with Crippen LogP contribution in [0.4, 0.5) is 5.69 Å². The van der Waals surface area contributed by atoms with E-state index in [-0.39, 0.29) is 29.7 Å². The number of fused-ring (bicyclic) bond motifs is 1. The first-order chi connectivity index (χ1) is 16.8. The summed E-state index contributed by atoms with van der Waals surface area (Å²) >= 11 is 0. The van der Waals surface area contributed by atoms with Crippen LogP contribution in [-0.4, -0.2) is 22.4 Å². The molecule has 1 aromatic heterocycles. The molecule has 9 heteroatoms. The minimum atomic E-state index is -0.485. The third-order valence-corrected chi connectivity index (χ3v) is 5.93. The summed E-state index contributed by atoms with van der Waals surface area (Å²) in [6.45, 7) is 4.22. The Bertz CT molecular complexity index is 1290. The molecule has 2 amide bonds. The summed E-state index contributed by atoms with van der Waals surface area (Å²) < 4.78 is 5.91. The highest BCUT2D eigenvalue weighted by Crippen LogP contribution is 2.30. The number of carbonyl (C=O) groups excluding carboxylic acids is 2. The second-order valence-corrected chi connectivity index (χ2v) is 8.57. The Morgan fingerprint density at radius 3 is 2.40 bits per heavy atom. The smallest absolute Gasteiger partial charge is 0.287 e. The molecule has 1 aliphatic rings. The number of amides is 2. The van der Waals surface area contributed by atoms with E-state index in [4.69, 9.17) is 4.42 Å². The number of rotatable bonds is 7. The van der Waals surface area contributed by atoms with Crippen molar-refractivity contribution in [2.75, 3.05) is 0 Å². The maximum absolute atomic E-state index is 12.8. The molecule has 0 aliphatic heterocycles. The van der Waals surface area contributed by atoms with E-state index in [1.807, 2.05) is 38.1 Å². The highest BCUT2D eigenvalue weighted by molar-refractivity contribution is 6.06. The third kappa shape index (κ3) is 5.63. The summed E-state index contributed by atoms with van der Waals surface area (Å²) in [5.74, 6) is 0.321. The van der Waals surface area contributed by atoms with Crippen molar-refractivity contribution in [1.82, 2.24) is 10.7 Å². The number of nitro benzene ring substituents is 1. The zero-order valence-corrected chi connectivity index (χ0v) is 19.6. The van der Waals surface area contributed by atoms with E-state index in [0.29, 0.717) is 42.0 Å². The fourth-order valence-corrected chi connectivity index (χ4v) is 4.06. The highest BCUT2D eigenvalue weighted by atomic mass is 16.6. The summed E-state index contributed by atoms with van der Waals surface area (Å²) in [5.41, 5.74) is 7.47. The van der Waals surface area contributed by atoms with Crippen molar-refractivity contribution >= 4 is 23.2 Å². The van der Waals surface area contributed by atoms with Crippen LogP contribution in [0.1, 0.15) is 57.0 Å². The second-order valence-electron chi connectivity index (χ2n) is 8.57. The molecule has 2 N–H and O–H groups in total. The predicted octanol–water partition coefficient (Wildman–Crippen LogP) is 4.13. The zero-order chi connectivity index (χ0) is 24.9. The lowest BCUT2D eigenvalue weighted by molar-refractivity contribution is -0.384. The molecule has 0 fully saturated rings. The Labute approximate surface area is 202 Å². The topological polar surface area (TPSA) is 127 Å². The fourth-order valence-electron chi connectivity index (χ4n) is 4.06. The zero-order valence-electron chi connectivity index (χ0n) is 19.6. The van der Waals surface area contributed by atoms with Gasteiger partial charge in [-0.2, -0.15) is 5.10 Å². The molecule has 2 aromatic carbocycles. The first-order valence-corrected chi connectivity index (χ1v) is 11.4. The second kappa shape index (κ2) is 10.3. The van der Waals surface area contributed by atoms with Gasteiger partial charge in [-0.15, -0.1) is 0 Å². The van der Waals surface area contributed by atoms with Gasteiger partial charge in [0.15, 0.2) is 5.76 Å². The van der Waals surface area contributed by atoms with Crippen molar-refractivity contribution in [2.45, 2.75) is 46.1 Å². The molecular weight excluding hydrogens is 448 g/mol. The average molecular weight is 475 g/mol. The van der Waals surface area contributed by atoms with E-state index in [0.717, 1.165) is 23.1 Å². The normalized spacial score (nSPS) is 13.8. The summed E-state index contributed by atoms with van der Waals surface area (Å²) in [4.78, 5) is 35.5. The summed E-state index contributed by atoms with van der Waals surface area (Å²) in [7, 11) is 0. The number of carbonyl (C=O) groups is 2. The van der Waals surface area contributed by atoms with E-state index in [9.17, 15) is 19.7 Å². The first kappa shape index (κ1) is 23.9. The highest BCUT2D eigenvalue weighted by Gasteiger charge is 2.28. The van der Waals surface area contributed by atoms with E-state index >= 15 is 0 Å². The number of hydrogen-bond donors (Lipinski definition) is 2. The number of hydrogen-bond acceptors (Lipinski definition) is 6. The van der Waals surface area contributed by atoms with Crippen LogP contribution < -0.4 is 10.7 Å². The van der Waals surface area contributed by atoms with Gasteiger partial charge in [-0.25, -0.2) is 5.43 Å². The molecule has 9 nitrogen and oxygen atoms in total. The van der Waals surface area contributed by atoms with Crippen LogP contribution in [-0.2, 0) is 24.2 Å². The van der Waals surface area contributed by atoms with E-state index in [1.54, 1.807) is 12.1 Å².